The van der Waals surface area contributed by atoms with Crippen molar-refractivity contribution in [1.82, 2.24) is 14.7 Å². The number of imidazole rings is 1. The Labute approximate surface area is 119 Å². The topological polar surface area (TPSA) is 66.6 Å². The maximum atomic E-state index is 11.7. The molecule has 2 heterocycles. The van der Waals surface area contributed by atoms with Gasteiger partial charge in [-0.25, -0.2) is 4.98 Å². The van der Waals surface area contributed by atoms with E-state index in [0.717, 1.165) is 4.96 Å². The molecule has 1 unspecified atom stereocenters. The van der Waals surface area contributed by atoms with Crippen LogP contribution in [0.4, 0.5) is 0 Å². The number of aromatic nitrogens is 2. The highest BCUT2D eigenvalue weighted by Crippen LogP contribution is 2.22. The monoisotopic (exact) mass is 299 g/mol. The van der Waals surface area contributed by atoms with Crippen LogP contribution < -0.4 is 5.32 Å². The Morgan fingerprint density at radius 3 is 3.26 bits per heavy atom. The molecule has 2 aromatic rings. The molecule has 0 bridgehead atoms. The summed E-state index contributed by atoms with van der Waals surface area (Å²) in [4.78, 5) is 16.6. The van der Waals surface area contributed by atoms with Crippen LogP contribution in [0.2, 0.25) is 5.15 Å². The summed E-state index contributed by atoms with van der Waals surface area (Å²) >= 11 is 7.49. The Morgan fingerprint density at radius 1 is 1.74 bits per heavy atom. The number of nitrogens with one attached hydrogen (secondary N) is 1. The molecule has 1 atom stereocenters. The van der Waals surface area contributed by atoms with E-state index in [1.54, 1.807) is 6.08 Å². The fourth-order valence-corrected chi connectivity index (χ4v) is 2.64. The zero-order valence-corrected chi connectivity index (χ0v) is 11.9. The second-order valence-corrected chi connectivity index (χ2v) is 5.33. The van der Waals surface area contributed by atoms with Crippen molar-refractivity contribution in [3.05, 3.63) is 28.5 Å². The summed E-state index contributed by atoms with van der Waals surface area (Å²) in [6.45, 7) is 1.89. The maximum Gasteiger partial charge on any atom is 0.244 e. The van der Waals surface area contributed by atoms with Gasteiger partial charge in [-0.2, -0.15) is 0 Å². The van der Waals surface area contributed by atoms with Crippen molar-refractivity contribution < 1.29 is 9.90 Å². The van der Waals surface area contributed by atoms with Crippen LogP contribution in [0.1, 0.15) is 19.0 Å². The third-order valence-electron chi connectivity index (χ3n) is 2.60. The molecular formula is C12H14ClN3O2S. The number of aliphatic hydroxyl groups excluding tert-OH is 1. The minimum atomic E-state index is -0.220. The second kappa shape index (κ2) is 6.18. The standard InChI is InChI=1S/C12H14ClN3O2S/c1-8(4-6-17)14-10(18)3-2-9-11(13)15-12-16(9)5-7-19-12/h2-3,5,7-8,17H,4,6H2,1H3,(H,14,18)/b3-2+. The molecule has 0 radical (unpaired) electrons. The highest BCUT2D eigenvalue weighted by molar-refractivity contribution is 7.15. The number of hydrogen-bond donors (Lipinski definition) is 2. The third kappa shape index (κ3) is 3.34. The van der Waals surface area contributed by atoms with Gasteiger partial charge in [0.05, 0.1) is 5.69 Å². The third-order valence-corrected chi connectivity index (χ3v) is 3.63. The van der Waals surface area contributed by atoms with E-state index in [4.69, 9.17) is 16.7 Å². The molecule has 0 aliphatic rings. The van der Waals surface area contributed by atoms with Crippen molar-refractivity contribution in [1.29, 1.82) is 0 Å². The summed E-state index contributed by atoms with van der Waals surface area (Å²) in [5.74, 6) is -0.220. The fourth-order valence-electron chi connectivity index (χ4n) is 1.64. The molecule has 0 aliphatic carbocycles. The normalized spacial score (nSPS) is 13.2. The molecule has 2 N–H and O–H groups in total. The van der Waals surface area contributed by atoms with Crippen molar-refractivity contribution in [2.45, 2.75) is 19.4 Å². The van der Waals surface area contributed by atoms with E-state index in [2.05, 4.69) is 10.3 Å². The number of rotatable bonds is 5. The number of halogens is 1. The van der Waals surface area contributed by atoms with Crippen LogP contribution in [0.3, 0.4) is 0 Å². The minimum absolute atomic E-state index is 0.0507. The van der Waals surface area contributed by atoms with Crippen molar-refractivity contribution in [3.8, 4) is 0 Å². The lowest BCUT2D eigenvalue weighted by molar-refractivity contribution is -0.117. The predicted molar refractivity (Wildman–Crippen MR) is 76.4 cm³/mol. The van der Waals surface area contributed by atoms with Gasteiger partial charge >= 0.3 is 0 Å². The summed E-state index contributed by atoms with van der Waals surface area (Å²) in [6.07, 6.45) is 5.43. The molecule has 5 nitrogen and oxygen atoms in total. The number of amides is 1. The number of nitrogens with zero attached hydrogens (tertiary/aromatic N) is 2. The molecule has 102 valence electrons. The molecule has 2 aromatic heterocycles. The van der Waals surface area contributed by atoms with Gasteiger partial charge in [-0.1, -0.05) is 11.6 Å². The Morgan fingerprint density at radius 2 is 2.53 bits per heavy atom. The lowest BCUT2D eigenvalue weighted by atomic mass is 10.2. The van der Waals surface area contributed by atoms with Gasteiger partial charge in [0, 0.05) is 30.3 Å². The van der Waals surface area contributed by atoms with Crippen molar-refractivity contribution in [2.24, 2.45) is 0 Å². The molecule has 2 rings (SSSR count). The number of fused-ring (bicyclic) bond motifs is 1. The molecule has 1 amide bonds. The largest absolute Gasteiger partial charge is 0.396 e. The van der Waals surface area contributed by atoms with Crippen LogP contribution >= 0.6 is 22.9 Å². The van der Waals surface area contributed by atoms with Crippen LogP contribution in [0.15, 0.2) is 17.7 Å². The van der Waals surface area contributed by atoms with E-state index in [0.29, 0.717) is 17.3 Å². The van der Waals surface area contributed by atoms with Gasteiger partial charge in [-0.3, -0.25) is 9.20 Å². The lowest BCUT2D eigenvalue weighted by Gasteiger charge is -2.09. The number of carbonyl (C=O) groups excluding carboxylic acids is 1. The average molecular weight is 300 g/mol. The highest BCUT2D eigenvalue weighted by Gasteiger charge is 2.09. The van der Waals surface area contributed by atoms with Gasteiger partial charge in [0.2, 0.25) is 5.91 Å². The number of thiazole rings is 1. The minimum Gasteiger partial charge on any atom is -0.396 e. The molecular weight excluding hydrogens is 286 g/mol. The van der Waals surface area contributed by atoms with Crippen molar-refractivity contribution in [3.63, 3.8) is 0 Å². The maximum absolute atomic E-state index is 11.7. The first-order chi connectivity index (χ1) is 9.11. The molecule has 0 fully saturated rings. The number of carbonyl (C=O) groups is 1. The van der Waals surface area contributed by atoms with Gasteiger partial charge in [-0.05, 0) is 19.4 Å². The Balaban J connectivity index is 2.07. The van der Waals surface area contributed by atoms with E-state index in [-0.39, 0.29) is 18.6 Å². The van der Waals surface area contributed by atoms with Crippen LogP contribution in [-0.4, -0.2) is 33.0 Å². The van der Waals surface area contributed by atoms with E-state index < -0.39 is 0 Å². The Bertz CT molecular complexity index is 605. The summed E-state index contributed by atoms with van der Waals surface area (Å²) in [7, 11) is 0. The summed E-state index contributed by atoms with van der Waals surface area (Å²) < 4.78 is 1.83. The highest BCUT2D eigenvalue weighted by atomic mass is 35.5. The van der Waals surface area contributed by atoms with Crippen molar-refractivity contribution >= 4 is 39.9 Å². The number of hydrogen-bond acceptors (Lipinski definition) is 4. The zero-order valence-electron chi connectivity index (χ0n) is 10.3. The summed E-state index contributed by atoms with van der Waals surface area (Å²) in [6, 6.07) is -0.0655. The molecule has 0 saturated heterocycles. The first kappa shape index (κ1) is 14.0. The Kier molecular flexibility index (Phi) is 4.57. The van der Waals surface area contributed by atoms with E-state index >= 15 is 0 Å². The summed E-state index contributed by atoms with van der Waals surface area (Å²) in [5.41, 5.74) is 0.683. The lowest BCUT2D eigenvalue weighted by Crippen LogP contribution is -2.31. The predicted octanol–water partition coefficient (Wildman–Crippen LogP) is 1.95. The molecule has 7 heteroatoms. The smallest absolute Gasteiger partial charge is 0.244 e. The first-order valence-corrected chi connectivity index (χ1v) is 7.08. The summed E-state index contributed by atoms with van der Waals surface area (Å²) in [5, 5.41) is 13.8. The molecule has 19 heavy (non-hydrogen) atoms. The van der Waals surface area contributed by atoms with E-state index in [9.17, 15) is 4.79 Å². The van der Waals surface area contributed by atoms with Gasteiger partial charge in [0.1, 0.15) is 0 Å². The van der Waals surface area contributed by atoms with Crippen LogP contribution in [0.25, 0.3) is 11.0 Å². The molecule has 0 spiro atoms. The molecule has 0 aliphatic heterocycles. The van der Waals surface area contributed by atoms with Gasteiger partial charge < -0.3 is 10.4 Å². The SMILES string of the molecule is CC(CCO)NC(=O)/C=C/c1c(Cl)nc2sccn12. The van der Waals surface area contributed by atoms with Crippen LogP contribution in [-0.2, 0) is 4.79 Å². The second-order valence-electron chi connectivity index (χ2n) is 4.10. The zero-order chi connectivity index (χ0) is 13.8. The molecule has 0 saturated carbocycles. The fraction of sp³-hybridized carbons (Fsp3) is 0.333. The first-order valence-electron chi connectivity index (χ1n) is 5.82. The van der Waals surface area contributed by atoms with Crippen molar-refractivity contribution in [2.75, 3.05) is 6.61 Å². The average Bonchev–Trinajstić information content (AvgIpc) is 2.87. The van der Waals surface area contributed by atoms with Crippen LogP contribution in [0.5, 0.6) is 0 Å². The Hall–Kier alpha value is -1.37. The van der Waals surface area contributed by atoms with Gasteiger partial charge in [-0.15, -0.1) is 11.3 Å². The van der Waals surface area contributed by atoms with E-state index in [1.807, 2.05) is 22.9 Å². The quantitative estimate of drug-likeness (QED) is 0.829. The van der Waals surface area contributed by atoms with E-state index in [1.165, 1.54) is 17.4 Å². The van der Waals surface area contributed by atoms with Crippen LogP contribution in [0, 0.1) is 0 Å². The number of aliphatic hydroxyl groups is 1. The van der Waals surface area contributed by atoms with Gasteiger partial charge in [0.25, 0.3) is 0 Å². The van der Waals surface area contributed by atoms with Gasteiger partial charge in [0.15, 0.2) is 10.1 Å². The molecule has 0 aromatic carbocycles.